The number of aromatic nitrogens is 1. The minimum atomic E-state index is -1.64. The van der Waals surface area contributed by atoms with Crippen molar-refractivity contribution in [1.82, 2.24) is 4.98 Å². The highest BCUT2D eigenvalue weighted by molar-refractivity contribution is 6.59. The highest BCUT2D eigenvalue weighted by Crippen LogP contribution is 1.93. The minimum absolute atomic E-state index is 0.0741. The molecule has 62 valence electrons. The van der Waals surface area contributed by atoms with Gasteiger partial charge in [0.2, 0.25) is 0 Å². The molecule has 0 spiro atoms. The second kappa shape index (κ2) is 3.47. The molecule has 1 heterocycles. The van der Waals surface area contributed by atoms with Crippen LogP contribution in [0.5, 0.6) is 0 Å². The third-order valence-electron chi connectivity index (χ3n) is 1.49. The molecule has 0 bridgehead atoms. The molecule has 2 N–H and O–H groups in total. The van der Waals surface area contributed by atoms with Crippen LogP contribution in [0.4, 0.5) is 0 Å². The summed E-state index contributed by atoms with van der Waals surface area (Å²) in [5, 5.41) is 17.6. The molecule has 5 heteroatoms. The Hall–Kier alpha value is -1.20. The lowest BCUT2D eigenvalue weighted by molar-refractivity contribution is 0.111. The molecule has 0 aliphatic rings. The molecule has 4 nitrogen and oxygen atoms in total. The van der Waals surface area contributed by atoms with Gasteiger partial charge in [-0.25, -0.2) is 0 Å². The van der Waals surface area contributed by atoms with Crippen LogP contribution in [0.3, 0.4) is 0 Å². The van der Waals surface area contributed by atoms with Gasteiger partial charge in [-0.1, -0.05) is 6.07 Å². The van der Waals surface area contributed by atoms with Crippen molar-refractivity contribution in [3.8, 4) is 0 Å². The Labute approximate surface area is 70.0 Å². The largest absolute Gasteiger partial charge is 0.490 e. The van der Waals surface area contributed by atoms with Gasteiger partial charge in [0.05, 0.1) is 0 Å². The smallest absolute Gasteiger partial charge is 0.423 e. The van der Waals surface area contributed by atoms with Gasteiger partial charge < -0.3 is 10.0 Å². The van der Waals surface area contributed by atoms with Crippen molar-refractivity contribution in [2.45, 2.75) is 6.92 Å². The number of hydrogen-bond donors (Lipinski definition) is 2. The Bertz CT molecular complexity index is 301. The van der Waals surface area contributed by atoms with Crippen molar-refractivity contribution in [3.05, 3.63) is 23.5 Å². The number of hydrogen-bond acceptors (Lipinski definition) is 4. The maximum Gasteiger partial charge on any atom is 0.490 e. The van der Waals surface area contributed by atoms with Crippen LogP contribution in [0.25, 0.3) is 0 Å². The summed E-state index contributed by atoms with van der Waals surface area (Å²) in [6.07, 6.45) is 0.502. The molecular formula is C7H8BNO3. The molecule has 0 amide bonds. The first-order valence-electron chi connectivity index (χ1n) is 3.44. The molecule has 1 aromatic rings. The lowest BCUT2D eigenvalue weighted by Crippen LogP contribution is -2.33. The molecule has 0 aromatic carbocycles. The summed E-state index contributed by atoms with van der Waals surface area (Å²) >= 11 is 0. The van der Waals surface area contributed by atoms with Crippen LogP contribution < -0.4 is 5.46 Å². The number of aryl methyl sites for hydroxylation is 1. The summed E-state index contributed by atoms with van der Waals surface area (Å²) in [6, 6.07) is 3.08. The summed E-state index contributed by atoms with van der Waals surface area (Å²) < 4.78 is 0. The third-order valence-corrected chi connectivity index (χ3v) is 1.49. The minimum Gasteiger partial charge on any atom is -0.423 e. The fourth-order valence-electron chi connectivity index (χ4n) is 0.900. The number of carbonyl (C=O) groups is 1. The maximum absolute atomic E-state index is 10.4. The zero-order chi connectivity index (χ0) is 9.14. The van der Waals surface area contributed by atoms with Gasteiger partial charge in [0.15, 0.2) is 6.29 Å². The van der Waals surface area contributed by atoms with E-state index in [1.807, 2.05) is 0 Å². The van der Waals surface area contributed by atoms with Crippen LogP contribution in [0.15, 0.2) is 12.1 Å². The average molecular weight is 165 g/mol. The van der Waals surface area contributed by atoms with Gasteiger partial charge in [0.25, 0.3) is 0 Å². The molecule has 1 aromatic heterocycles. The third kappa shape index (κ3) is 1.69. The Kier molecular flexibility index (Phi) is 2.57. The second-order valence-electron chi connectivity index (χ2n) is 2.42. The van der Waals surface area contributed by atoms with Gasteiger partial charge in [0.1, 0.15) is 5.69 Å². The molecule has 0 unspecified atom stereocenters. The van der Waals surface area contributed by atoms with E-state index in [1.165, 1.54) is 6.07 Å². The van der Waals surface area contributed by atoms with E-state index in [1.54, 1.807) is 13.0 Å². The highest BCUT2D eigenvalue weighted by atomic mass is 16.4. The zero-order valence-corrected chi connectivity index (χ0v) is 6.56. The van der Waals surface area contributed by atoms with Crippen molar-refractivity contribution in [3.63, 3.8) is 0 Å². The van der Waals surface area contributed by atoms with Gasteiger partial charge in [-0.05, 0) is 13.0 Å². The fraction of sp³-hybridized carbons (Fsp3) is 0.143. The molecule has 0 atom stereocenters. The first-order chi connectivity index (χ1) is 5.65. The zero-order valence-electron chi connectivity index (χ0n) is 6.56. The van der Waals surface area contributed by atoms with Crippen LogP contribution in [-0.2, 0) is 0 Å². The van der Waals surface area contributed by atoms with Crippen LogP contribution in [0.2, 0.25) is 0 Å². The SMILES string of the molecule is Cc1ccc(B(O)O)c(C=O)n1. The van der Waals surface area contributed by atoms with E-state index < -0.39 is 7.12 Å². The first kappa shape index (κ1) is 8.90. The molecular weight excluding hydrogens is 157 g/mol. The predicted octanol–water partition coefficient (Wildman–Crippen LogP) is -1.12. The van der Waals surface area contributed by atoms with E-state index in [0.29, 0.717) is 12.0 Å². The van der Waals surface area contributed by atoms with Crippen LogP contribution in [0, 0.1) is 6.92 Å². The second-order valence-corrected chi connectivity index (χ2v) is 2.42. The predicted molar refractivity (Wildman–Crippen MR) is 44.2 cm³/mol. The van der Waals surface area contributed by atoms with Crippen molar-refractivity contribution in [2.75, 3.05) is 0 Å². The van der Waals surface area contributed by atoms with Crippen LogP contribution in [0.1, 0.15) is 16.2 Å². The van der Waals surface area contributed by atoms with Crippen molar-refractivity contribution >= 4 is 18.9 Å². The van der Waals surface area contributed by atoms with Crippen LogP contribution in [-0.4, -0.2) is 28.4 Å². The summed E-state index contributed by atoms with van der Waals surface area (Å²) in [4.78, 5) is 14.2. The summed E-state index contributed by atoms with van der Waals surface area (Å²) in [5.74, 6) is 0. The number of carbonyl (C=O) groups excluding carboxylic acids is 1. The van der Waals surface area contributed by atoms with Gasteiger partial charge in [-0.2, -0.15) is 0 Å². The Balaban J connectivity index is 3.20. The monoisotopic (exact) mass is 165 g/mol. The van der Waals surface area contributed by atoms with E-state index in [4.69, 9.17) is 10.0 Å². The van der Waals surface area contributed by atoms with Crippen molar-refractivity contribution in [2.24, 2.45) is 0 Å². The van der Waals surface area contributed by atoms with Crippen LogP contribution >= 0.6 is 0 Å². The topological polar surface area (TPSA) is 70.4 Å². The summed E-state index contributed by atoms with van der Waals surface area (Å²) in [5.41, 5.74) is 0.877. The molecule has 0 saturated carbocycles. The summed E-state index contributed by atoms with van der Waals surface area (Å²) in [6.45, 7) is 1.72. The maximum atomic E-state index is 10.4. The van der Waals surface area contributed by atoms with E-state index in [9.17, 15) is 4.79 Å². The van der Waals surface area contributed by atoms with Gasteiger partial charge >= 0.3 is 7.12 Å². The average Bonchev–Trinajstić information content (AvgIpc) is 2.03. The number of pyridine rings is 1. The molecule has 0 aliphatic heterocycles. The lowest BCUT2D eigenvalue weighted by atomic mass is 9.79. The molecule has 1 rings (SSSR count). The van der Waals surface area contributed by atoms with Gasteiger partial charge in [0, 0.05) is 11.2 Å². The standard InChI is InChI=1S/C7H8BNO3/c1-5-2-3-6(8(11)12)7(4-10)9-5/h2-4,11-12H,1H3. The normalized spacial score (nSPS) is 9.58. The molecule has 0 saturated heterocycles. The van der Waals surface area contributed by atoms with Gasteiger partial charge in [-0.3, -0.25) is 9.78 Å². The Morgan fingerprint density at radius 2 is 2.17 bits per heavy atom. The van der Waals surface area contributed by atoms with E-state index in [0.717, 1.165) is 0 Å². The van der Waals surface area contributed by atoms with E-state index in [-0.39, 0.29) is 11.2 Å². The first-order valence-corrected chi connectivity index (χ1v) is 3.44. The Morgan fingerprint density at radius 3 is 2.67 bits per heavy atom. The Morgan fingerprint density at radius 1 is 1.50 bits per heavy atom. The molecule has 0 aliphatic carbocycles. The number of aldehydes is 1. The molecule has 12 heavy (non-hydrogen) atoms. The van der Waals surface area contributed by atoms with E-state index in [2.05, 4.69) is 4.98 Å². The quantitative estimate of drug-likeness (QED) is 0.430. The van der Waals surface area contributed by atoms with Crippen molar-refractivity contribution < 1.29 is 14.8 Å². The lowest BCUT2D eigenvalue weighted by Gasteiger charge is -2.02. The highest BCUT2D eigenvalue weighted by Gasteiger charge is 2.16. The van der Waals surface area contributed by atoms with Gasteiger partial charge in [-0.15, -0.1) is 0 Å². The number of rotatable bonds is 2. The molecule has 0 fully saturated rings. The van der Waals surface area contributed by atoms with Crippen molar-refractivity contribution in [1.29, 1.82) is 0 Å². The fourth-order valence-corrected chi connectivity index (χ4v) is 0.900. The van der Waals surface area contributed by atoms with E-state index >= 15 is 0 Å². The molecule has 0 radical (unpaired) electrons. The number of nitrogens with zero attached hydrogens (tertiary/aromatic N) is 1. The summed E-state index contributed by atoms with van der Waals surface area (Å²) in [7, 11) is -1.64.